The van der Waals surface area contributed by atoms with Crippen molar-refractivity contribution in [2.24, 2.45) is 0 Å². The maximum absolute atomic E-state index is 11.9. The molecule has 0 radical (unpaired) electrons. The van der Waals surface area contributed by atoms with Gasteiger partial charge in [0.15, 0.2) is 0 Å². The minimum absolute atomic E-state index is 0.00204. The Hall–Kier alpha value is -2.47. The van der Waals surface area contributed by atoms with Crippen LogP contribution < -0.4 is 5.32 Å². The number of carbonyl (C=O) groups excluding carboxylic acids is 1. The molecule has 3 aromatic rings. The number of thiazole rings is 1. The third-order valence-electron chi connectivity index (χ3n) is 3.45. The fourth-order valence-electron chi connectivity index (χ4n) is 2.27. The summed E-state index contributed by atoms with van der Waals surface area (Å²) in [6.07, 6.45) is 5.85. The first kappa shape index (κ1) is 15.4. The van der Waals surface area contributed by atoms with Crippen LogP contribution in [0.4, 0.5) is 0 Å². The lowest BCUT2D eigenvalue weighted by molar-refractivity contribution is -0.120. The van der Waals surface area contributed by atoms with Crippen molar-refractivity contribution >= 4 is 17.2 Å². The molecule has 23 heavy (non-hydrogen) atoms. The van der Waals surface area contributed by atoms with E-state index in [4.69, 9.17) is 0 Å². The molecule has 0 bridgehead atoms. The molecule has 0 fully saturated rings. The Morgan fingerprint density at radius 2 is 2.04 bits per heavy atom. The average Bonchev–Trinajstić information content (AvgIpc) is 3.19. The molecule has 0 saturated carbocycles. The smallest absolute Gasteiger partial charge is 0.226 e. The molecule has 1 N–H and O–H groups in total. The molecular weight excluding hydrogens is 308 g/mol. The summed E-state index contributed by atoms with van der Waals surface area (Å²) < 4.78 is 2.02. The van der Waals surface area contributed by atoms with Crippen LogP contribution in [0.1, 0.15) is 21.8 Å². The van der Waals surface area contributed by atoms with E-state index in [0.717, 1.165) is 22.8 Å². The van der Waals surface area contributed by atoms with E-state index < -0.39 is 0 Å². The fraction of sp³-hybridized carbons (Fsp3) is 0.235. The summed E-state index contributed by atoms with van der Waals surface area (Å²) in [7, 11) is 0. The van der Waals surface area contributed by atoms with Crippen molar-refractivity contribution in [2.75, 3.05) is 0 Å². The summed E-state index contributed by atoms with van der Waals surface area (Å²) in [4.78, 5) is 20.3. The molecule has 0 saturated heterocycles. The first-order chi connectivity index (χ1) is 11.2. The topological polar surface area (TPSA) is 59.8 Å². The molecule has 6 heteroatoms. The van der Waals surface area contributed by atoms with E-state index in [0.29, 0.717) is 13.0 Å². The minimum Gasteiger partial charge on any atom is -0.352 e. The number of imidazole rings is 1. The zero-order valence-corrected chi connectivity index (χ0v) is 13.7. The number of benzene rings is 1. The molecule has 0 aliphatic rings. The number of hydrogen-bond donors (Lipinski definition) is 1. The van der Waals surface area contributed by atoms with E-state index >= 15 is 0 Å². The van der Waals surface area contributed by atoms with Gasteiger partial charge in [-0.3, -0.25) is 4.79 Å². The van der Waals surface area contributed by atoms with Crippen LogP contribution in [0, 0.1) is 6.92 Å². The Labute approximate surface area is 139 Å². The number of aryl methyl sites for hydroxylation is 1. The van der Waals surface area contributed by atoms with Crippen LogP contribution in [0.15, 0.2) is 48.4 Å². The molecule has 2 aromatic heterocycles. The van der Waals surface area contributed by atoms with Crippen LogP contribution in [0.25, 0.3) is 0 Å². The number of aromatic nitrogens is 3. The van der Waals surface area contributed by atoms with E-state index in [9.17, 15) is 4.79 Å². The Kier molecular flexibility index (Phi) is 4.83. The van der Waals surface area contributed by atoms with Crippen molar-refractivity contribution in [3.05, 3.63) is 70.2 Å². The second-order valence-corrected chi connectivity index (χ2v) is 6.43. The normalized spacial score (nSPS) is 10.7. The molecule has 0 unspecified atom stereocenters. The maximum Gasteiger partial charge on any atom is 0.226 e. The van der Waals surface area contributed by atoms with Gasteiger partial charge in [0.1, 0.15) is 0 Å². The molecular formula is C17H18N4OS. The summed E-state index contributed by atoms with van der Waals surface area (Å²) in [6.45, 7) is 3.28. The van der Waals surface area contributed by atoms with E-state index in [1.807, 2.05) is 35.2 Å². The van der Waals surface area contributed by atoms with Crippen LogP contribution in [-0.2, 0) is 24.3 Å². The lowest BCUT2D eigenvalue weighted by Gasteiger charge is -2.06. The summed E-state index contributed by atoms with van der Waals surface area (Å²) in [5.41, 5.74) is 3.12. The van der Waals surface area contributed by atoms with Crippen molar-refractivity contribution in [1.29, 1.82) is 0 Å². The Morgan fingerprint density at radius 3 is 2.70 bits per heavy atom. The predicted molar refractivity (Wildman–Crippen MR) is 90.2 cm³/mol. The van der Waals surface area contributed by atoms with Crippen molar-refractivity contribution in [3.63, 3.8) is 0 Å². The van der Waals surface area contributed by atoms with Gasteiger partial charge < -0.3 is 9.88 Å². The molecule has 1 aromatic carbocycles. The summed E-state index contributed by atoms with van der Waals surface area (Å²) in [5, 5.41) is 5.85. The van der Waals surface area contributed by atoms with Gasteiger partial charge in [-0.1, -0.05) is 24.3 Å². The van der Waals surface area contributed by atoms with Crippen molar-refractivity contribution in [2.45, 2.75) is 26.4 Å². The highest BCUT2D eigenvalue weighted by Gasteiger charge is 2.06. The van der Waals surface area contributed by atoms with Crippen molar-refractivity contribution < 1.29 is 4.79 Å². The quantitative estimate of drug-likeness (QED) is 0.757. The number of nitrogens with one attached hydrogen (secondary N) is 1. The van der Waals surface area contributed by atoms with Gasteiger partial charge in [-0.2, -0.15) is 0 Å². The summed E-state index contributed by atoms with van der Waals surface area (Å²) in [6, 6.07) is 8.23. The standard InChI is InChI=1S/C17H18N4OS/c1-13-20-16(11-23-13)8-17(22)19-9-14-2-4-15(5-3-14)10-21-7-6-18-12-21/h2-7,11-12H,8-10H2,1H3,(H,19,22). The fourth-order valence-corrected chi connectivity index (χ4v) is 2.88. The number of nitrogens with zero attached hydrogens (tertiary/aromatic N) is 3. The zero-order chi connectivity index (χ0) is 16.1. The second-order valence-electron chi connectivity index (χ2n) is 5.36. The SMILES string of the molecule is Cc1nc(CC(=O)NCc2ccc(Cn3ccnc3)cc2)cs1. The van der Waals surface area contributed by atoms with Gasteiger partial charge in [0.05, 0.1) is 23.4 Å². The highest BCUT2D eigenvalue weighted by atomic mass is 32.1. The number of carbonyl (C=O) groups is 1. The van der Waals surface area contributed by atoms with E-state index in [1.165, 1.54) is 5.56 Å². The molecule has 0 spiro atoms. The van der Waals surface area contributed by atoms with Crippen molar-refractivity contribution in [3.8, 4) is 0 Å². The van der Waals surface area contributed by atoms with E-state index in [1.54, 1.807) is 23.9 Å². The van der Waals surface area contributed by atoms with Gasteiger partial charge in [-0.05, 0) is 18.1 Å². The second kappa shape index (κ2) is 7.19. The van der Waals surface area contributed by atoms with E-state index in [-0.39, 0.29) is 5.91 Å². The monoisotopic (exact) mass is 326 g/mol. The third kappa shape index (κ3) is 4.50. The lowest BCUT2D eigenvalue weighted by Crippen LogP contribution is -2.24. The lowest BCUT2D eigenvalue weighted by atomic mass is 10.1. The largest absolute Gasteiger partial charge is 0.352 e. The predicted octanol–water partition coefficient (Wildman–Crippen LogP) is 2.56. The first-order valence-corrected chi connectivity index (χ1v) is 8.28. The molecule has 1 amide bonds. The van der Waals surface area contributed by atoms with Gasteiger partial charge in [0, 0.05) is 30.9 Å². The van der Waals surface area contributed by atoms with Crippen LogP contribution in [0.5, 0.6) is 0 Å². The summed E-state index contributed by atoms with van der Waals surface area (Å²) in [5.74, 6) is -0.00204. The van der Waals surface area contributed by atoms with Crippen molar-refractivity contribution in [1.82, 2.24) is 19.9 Å². The zero-order valence-electron chi connectivity index (χ0n) is 12.9. The number of amides is 1. The van der Waals surface area contributed by atoms with Crippen LogP contribution in [-0.4, -0.2) is 20.4 Å². The van der Waals surface area contributed by atoms with Gasteiger partial charge >= 0.3 is 0 Å². The minimum atomic E-state index is -0.00204. The van der Waals surface area contributed by atoms with Crippen LogP contribution in [0.3, 0.4) is 0 Å². The third-order valence-corrected chi connectivity index (χ3v) is 4.27. The molecule has 2 heterocycles. The van der Waals surface area contributed by atoms with Gasteiger partial charge in [0.25, 0.3) is 0 Å². The van der Waals surface area contributed by atoms with Crippen LogP contribution >= 0.6 is 11.3 Å². The first-order valence-electron chi connectivity index (χ1n) is 7.40. The number of hydrogen-bond acceptors (Lipinski definition) is 4. The maximum atomic E-state index is 11.9. The van der Waals surface area contributed by atoms with Gasteiger partial charge in [0.2, 0.25) is 5.91 Å². The Balaban J connectivity index is 1.49. The molecule has 5 nitrogen and oxygen atoms in total. The Bertz CT molecular complexity index is 762. The number of rotatable bonds is 6. The highest BCUT2D eigenvalue weighted by molar-refractivity contribution is 7.09. The Morgan fingerprint density at radius 1 is 1.26 bits per heavy atom. The van der Waals surface area contributed by atoms with E-state index in [2.05, 4.69) is 27.4 Å². The summed E-state index contributed by atoms with van der Waals surface area (Å²) >= 11 is 1.57. The molecule has 0 aliphatic carbocycles. The van der Waals surface area contributed by atoms with Crippen LogP contribution in [0.2, 0.25) is 0 Å². The molecule has 3 rings (SSSR count). The molecule has 0 atom stereocenters. The highest BCUT2D eigenvalue weighted by Crippen LogP contribution is 2.09. The molecule has 118 valence electrons. The molecule has 0 aliphatic heterocycles. The van der Waals surface area contributed by atoms with Gasteiger partial charge in [-0.25, -0.2) is 9.97 Å². The average molecular weight is 326 g/mol. The van der Waals surface area contributed by atoms with Gasteiger partial charge in [-0.15, -0.1) is 11.3 Å².